The van der Waals surface area contributed by atoms with E-state index in [4.69, 9.17) is 25.5 Å². The smallest absolute Gasteiger partial charge is 0.261 e. The van der Waals surface area contributed by atoms with Crippen LogP contribution in [0.2, 0.25) is 5.02 Å². The molecule has 1 aliphatic heterocycles. The Kier molecular flexibility index (Phi) is 6.23. The van der Waals surface area contributed by atoms with E-state index in [0.29, 0.717) is 29.6 Å². The summed E-state index contributed by atoms with van der Waals surface area (Å²) in [6.07, 6.45) is 4.00. The van der Waals surface area contributed by atoms with Crippen molar-refractivity contribution in [3.8, 4) is 11.5 Å². The topological polar surface area (TPSA) is 64.8 Å². The first-order valence-electron chi connectivity index (χ1n) is 9.88. The van der Waals surface area contributed by atoms with Gasteiger partial charge in [-0.25, -0.2) is 4.98 Å². The maximum atomic E-state index is 12.8. The van der Waals surface area contributed by atoms with Crippen LogP contribution in [-0.2, 0) is 11.2 Å². The molecule has 30 heavy (non-hydrogen) atoms. The van der Waals surface area contributed by atoms with Crippen molar-refractivity contribution in [3.63, 3.8) is 0 Å². The molecule has 0 radical (unpaired) electrons. The molecule has 2 aromatic carbocycles. The molecule has 0 N–H and O–H groups in total. The lowest BCUT2D eigenvalue weighted by Crippen LogP contribution is -2.34. The average Bonchev–Trinajstić information content (AvgIpc) is 3.43. The van der Waals surface area contributed by atoms with E-state index in [1.165, 1.54) is 0 Å². The van der Waals surface area contributed by atoms with Gasteiger partial charge in [0.1, 0.15) is 23.3 Å². The standard InChI is InChI=1S/C23H23ClN2O4/c1-28-17-8-10-18(11-9-17)29-15-22(27)26-12-4-7-21(26)23-25-14-19(30-23)13-16-5-2-3-6-20(16)24/h2-3,5-6,8-11,14,21H,4,7,12-13,15H2,1H3/t21-/m0/s1. The van der Waals surface area contributed by atoms with E-state index in [0.717, 1.165) is 29.9 Å². The lowest BCUT2D eigenvalue weighted by atomic mass is 10.1. The molecule has 0 saturated carbocycles. The van der Waals surface area contributed by atoms with Crippen molar-refractivity contribution in [1.82, 2.24) is 9.88 Å². The number of nitrogens with zero attached hydrogens (tertiary/aromatic N) is 2. The zero-order chi connectivity index (χ0) is 20.9. The van der Waals surface area contributed by atoms with Gasteiger partial charge in [-0.15, -0.1) is 0 Å². The van der Waals surface area contributed by atoms with Gasteiger partial charge in [-0.3, -0.25) is 4.79 Å². The molecule has 0 aliphatic carbocycles. The van der Waals surface area contributed by atoms with Crippen LogP contribution in [0.3, 0.4) is 0 Å². The lowest BCUT2D eigenvalue weighted by Gasteiger charge is -2.22. The molecule has 156 valence electrons. The summed E-state index contributed by atoms with van der Waals surface area (Å²) in [5, 5.41) is 0.698. The van der Waals surface area contributed by atoms with E-state index in [9.17, 15) is 4.79 Å². The predicted molar refractivity (Wildman–Crippen MR) is 113 cm³/mol. The van der Waals surface area contributed by atoms with Crippen LogP contribution in [0.25, 0.3) is 0 Å². The van der Waals surface area contributed by atoms with Gasteiger partial charge in [-0.2, -0.15) is 0 Å². The van der Waals surface area contributed by atoms with Crippen molar-refractivity contribution in [2.75, 3.05) is 20.3 Å². The number of ether oxygens (including phenoxy) is 2. The Morgan fingerprint density at radius 2 is 1.97 bits per heavy atom. The Balaban J connectivity index is 1.38. The summed E-state index contributed by atoms with van der Waals surface area (Å²) in [7, 11) is 1.61. The summed E-state index contributed by atoms with van der Waals surface area (Å²) in [6.45, 7) is 0.633. The predicted octanol–water partition coefficient (Wildman–Crippen LogP) is 4.67. The third kappa shape index (κ3) is 4.60. The lowest BCUT2D eigenvalue weighted by molar-refractivity contribution is -0.134. The van der Waals surface area contributed by atoms with Crippen molar-refractivity contribution < 1.29 is 18.7 Å². The molecule has 0 bridgehead atoms. The number of halogens is 1. The molecular formula is C23H23ClN2O4. The van der Waals surface area contributed by atoms with E-state index in [1.807, 2.05) is 24.3 Å². The monoisotopic (exact) mass is 426 g/mol. The van der Waals surface area contributed by atoms with Gasteiger partial charge in [0.25, 0.3) is 5.91 Å². The minimum absolute atomic E-state index is 0.0317. The molecular weight excluding hydrogens is 404 g/mol. The summed E-state index contributed by atoms with van der Waals surface area (Å²) < 4.78 is 16.8. The molecule has 1 amide bonds. The van der Waals surface area contributed by atoms with E-state index in [-0.39, 0.29) is 18.6 Å². The molecule has 3 aromatic rings. The van der Waals surface area contributed by atoms with Crippen molar-refractivity contribution in [2.45, 2.75) is 25.3 Å². The van der Waals surface area contributed by atoms with Gasteiger partial charge in [0.2, 0.25) is 5.89 Å². The quantitative estimate of drug-likeness (QED) is 0.549. The second kappa shape index (κ2) is 9.22. The van der Waals surface area contributed by atoms with E-state index >= 15 is 0 Å². The van der Waals surface area contributed by atoms with Crippen LogP contribution < -0.4 is 9.47 Å². The molecule has 1 atom stereocenters. The molecule has 7 heteroatoms. The van der Waals surface area contributed by atoms with Gasteiger partial charge in [-0.05, 0) is 48.7 Å². The van der Waals surface area contributed by atoms with Gasteiger partial charge >= 0.3 is 0 Å². The van der Waals surface area contributed by atoms with E-state index < -0.39 is 0 Å². The first-order valence-corrected chi connectivity index (χ1v) is 10.3. The highest BCUT2D eigenvalue weighted by molar-refractivity contribution is 6.31. The summed E-state index contributed by atoms with van der Waals surface area (Å²) >= 11 is 6.24. The fourth-order valence-corrected chi connectivity index (χ4v) is 3.81. The number of methoxy groups -OCH3 is 1. The molecule has 1 aromatic heterocycles. The number of carbonyl (C=O) groups is 1. The van der Waals surface area contributed by atoms with Crippen molar-refractivity contribution in [2.24, 2.45) is 0 Å². The normalized spacial score (nSPS) is 15.9. The Morgan fingerprint density at radius 1 is 1.20 bits per heavy atom. The van der Waals surface area contributed by atoms with Crippen LogP contribution in [0.15, 0.2) is 59.1 Å². The van der Waals surface area contributed by atoms with Gasteiger partial charge in [0.15, 0.2) is 6.61 Å². The van der Waals surface area contributed by atoms with Crippen LogP contribution in [-0.4, -0.2) is 36.1 Å². The third-order valence-electron chi connectivity index (χ3n) is 5.17. The Morgan fingerprint density at radius 3 is 2.73 bits per heavy atom. The molecule has 6 nitrogen and oxygen atoms in total. The number of amides is 1. The van der Waals surface area contributed by atoms with Crippen LogP contribution in [0.5, 0.6) is 11.5 Å². The fourth-order valence-electron chi connectivity index (χ4n) is 3.61. The Labute approximate surface area is 180 Å². The molecule has 0 unspecified atom stereocenters. The number of aromatic nitrogens is 1. The highest BCUT2D eigenvalue weighted by atomic mass is 35.5. The average molecular weight is 427 g/mol. The Bertz CT molecular complexity index is 1000. The van der Waals surface area contributed by atoms with Crippen molar-refractivity contribution in [1.29, 1.82) is 0 Å². The van der Waals surface area contributed by atoms with Crippen LogP contribution in [0, 0.1) is 0 Å². The largest absolute Gasteiger partial charge is 0.497 e. The summed E-state index contributed by atoms with van der Waals surface area (Å²) in [5.41, 5.74) is 0.981. The summed E-state index contributed by atoms with van der Waals surface area (Å²) in [6, 6.07) is 14.6. The van der Waals surface area contributed by atoms with Gasteiger partial charge in [0.05, 0.1) is 13.3 Å². The van der Waals surface area contributed by atoms with Crippen molar-refractivity contribution >= 4 is 17.5 Å². The second-order valence-electron chi connectivity index (χ2n) is 7.14. The third-order valence-corrected chi connectivity index (χ3v) is 5.54. The number of oxazole rings is 1. The summed E-state index contributed by atoms with van der Waals surface area (Å²) in [4.78, 5) is 19.0. The molecule has 2 heterocycles. The van der Waals surface area contributed by atoms with Gasteiger partial charge in [-0.1, -0.05) is 29.8 Å². The first-order chi connectivity index (χ1) is 14.6. The fraction of sp³-hybridized carbons (Fsp3) is 0.304. The Hall–Kier alpha value is -2.99. The first kappa shape index (κ1) is 20.3. The van der Waals surface area contributed by atoms with Crippen LogP contribution >= 0.6 is 11.6 Å². The highest BCUT2D eigenvalue weighted by Crippen LogP contribution is 2.32. The van der Waals surface area contributed by atoms with Crippen molar-refractivity contribution in [3.05, 3.63) is 77.0 Å². The zero-order valence-corrected chi connectivity index (χ0v) is 17.5. The SMILES string of the molecule is COc1ccc(OCC(=O)N2CCC[C@H]2c2ncc(Cc3ccccc3Cl)o2)cc1. The van der Waals surface area contributed by atoms with Crippen LogP contribution in [0.4, 0.5) is 0 Å². The molecule has 1 aliphatic rings. The van der Waals surface area contributed by atoms with E-state index in [1.54, 1.807) is 42.5 Å². The minimum atomic E-state index is -0.169. The number of benzene rings is 2. The number of hydrogen-bond acceptors (Lipinski definition) is 5. The molecule has 1 saturated heterocycles. The zero-order valence-electron chi connectivity index (χ0n) is 16.7. The number of carbonyl (C=O) groups excluding carboxylic acids is 1. The van der Waals surface area contributed by atoms with Gasteiger partial charge in [0, 0.05) is 18.0 Å². The molecule has 1 fully saturated rings. The number of likely N-dealkylation sites (tertiary alicyclic amines) is 1. The minimum Gasteiger partial charge on any atom is -0.497 e. The summed E-state index contributed by atoms with van der Waals surface area (Å²) in [5.74, 6) is 2.57. The number of hydrogen-bond donors (Lipinski definition) is 0. The van der Waals surface area contributed by atoms with E-state index in [2.05, 4.69) is 4.98 Å². The second-order valence-corrected chi connectivity index (χ2v) is 7.55. The highest BCUT2D eigenvalue weighted by Gasteiger charge is 2.33. The number of rotatable bonds is 7. The maximum absolute atomic E-state index is 12.8. The molecule has 4 rings (SSSR count). The van der Waals surface area contributed by atoms with Crippen LogP contribution in [0.1, 0.15) is 36.1 Å². The molecule has 0 spiro atoms. The van der Waals surface area contributed by atoms with Gasteiger partial charge < -0.3 is 18.8 Å². The maximum Gasteiger partial charge on any atom is 0.261 e.